The summed E-state index contributed by atoms with van der Waals surface area (Å²) in [7, 11) is 0. The van der Waals surface area contributed by atoms with Gasteiger partial charge in [0.25, 0.3) is 0 Å². The molecule has 0 aliphatic heterocycles. The van der Waals surface area contributed by atoms with E-state index >= 15 is 0 Å². The molecule has 0 aliphatic rings. The fraction of sp³-hybridized carbons (Fsp3) is 0.556. The molecule has 2 rings (SSSR count). The first-order valence-electron chi connectivity index (χ1n) is 5.32. The predicted molar refractivity (Wildman–Crippen MR) is 70.3 cm³/mol. The number of rotatable bonds is 3. The lowest BCUT2D eigenvalue weighted by Gasteiger charge is -2.19. The number of carbonyl (C=O) groups is 1. The molecule has 2 aromatic rings. The van der Waals surface area contributed by atoms with Crippen molar-refractivity contribution in [1.29, 1.82) is 0 Å². The van der Waals surface area contributed by atoms with Crippen LogP contribution < -0.4 is 0 Å². The molecule has 0 fully saturated rings. The molecule has 2 aromatic heterocycles. The molecule has 0 atom stereocenters. The van der Waals surface area contributed by atoms with Gasteiger partial charge in [0, 0.05) is 0 Å². The Kier molecular flexibility index (Phi) is 3.90. The van der Waals surface area contributed by atoms with Crippen LogP contribution in [0.25, 0.3) is 10.8 Å². The van der Waals surface area contributed by atoms with E-state index in [2.05, 4.69) is 41.7 Å². The summed E-state index contributed by atoms with van der Waals surface area (Å²) in [6, 6.07) is 0. The number of nitrogens with zero attached hydrogens (tertiary/aromatic N) is 6. The van der Waals surface area contributed by atoms with Crippen LogP contribution in [0.5, 0.6) is 0 Å². The van der Waals surface area contributed by atoms with Crippen LogP contribution in [0, 0.1) is 0 Å². The number of halogens is 1. The van der Waals surface area contributed by atoms with Crippen molar-refractivity contribution in [1.82, 2.24) is 30.4 Å². The molecule has 0 amide bonds. The smallest absolute Gasteiger partial charge is 0.328 e. The summed E-state index contributed by atoms with van der Waals surface area (Å²) >= 11 is 4.49. The molecule has 0 spiro atoms. The average Bonchev–Trinajstić information content (AvgIpc) is 2.83. The van der Waals surface area contributed by atoms with Crippen molar-refractivity contribution in [3.05, 3.63) is 3.92 Å². The van der Waals surface area contributed by atoms with Crippen LogP contribution >= 0.6 is 27.3 Å². The maximum Gasteiger partial charge on any atom is 0.328 e. The number of esters is 1. The van der Waals surface area contributed by atoms with Crippen LogP contribution in [0.3, 0.4) is 0 Å². The highest BCUT2D eigenvalue weighted by molar-refractivity contribution is 9.11. The van der Waals surface area contributed by atoms with Gasteiger partial charge >= 0.3 is 5.97 Å². The molecule has 0 saturated heterocycles. The van der Waals surface area contributed by atoms with Gasteiger partial charge in [-0.25, -0.2) is 4.68 Å². The quantitative estimate of drug-likeness (QED) is 0.772. The first kappa shape index (κ1) is 14.0. The Balaban J connectivity index is 2.15. The average molecular weight is 347 g/mol. The number of hydrogen-bond acceptors (Lipinski definition) is 8. The van der Waals surface area contributed by atoms with Gasteiger partial charge in [-0.15, -0.1) is 15.3 Å². The van der Waals surface area contributed by atoms with Crippen LogP contribution in [0.15, 0.2) is 3.92 Å². The van der Waals surface area contributed by atoms with Crippen molar-refractivity contribution < 1.29 is 9.53 Å². The lowest BCUT2D eigenvalue weighted by Crippen LogP contribution is -2.27. The topological polar surface area (TPSA) is 95.7 Å². The molecule has 2 heterocycles. The van der Waals surface area contributed by atoms with Crippen LogP contribution in [-0.4, -0.2) is 42.0 Å². The summed E-state index contributed by atoms with van der Waals surface area (Å²) in [5.41, 5.74) is -0.545. The number of ether oxygens (including phenoxy) is 1. The third-order valence-electron chi connectivity index (χ3n) is 1.82. The van der Waals surface area contributed by atoms with E-state index in [9.17, 15) is 4.79 Å². The Hall–Kier alpha value is -1.42. The lowest BCUT2D eigenvalue weighted by molar-refractivity contribution is -0.155. The Morgan fingerprint density at radius 3 is 2.68 bits per heavy atom. The van der Waals surface area contributed by atoms with E-state index in [-0.39, 0.29) is 6.54 Å². The van der Waals surface area contributed by atoms with Gasteiger partial charge < -0.3 is 4.74 Å². The van der Waals surface area contributed by atoms with E-state index in [1.165, 1.54) is 16.0 Å². The molecule has 0 N–H and O–H groups in total. The molecule has 102 valence electrons. The first-order valence-corrected chi connectivity index (χ1v) is 6.93. The highest BCUT2D eigenvalue weighted by Gasteiger charge is 2.20. The van der Waals surface area contributed by atoms with E-state index in [0.29, 0.717) is 14.7 Å². The summed E-state index contributed by atoms with van der Waals surface area (Å²) < 4.78 is 7.16. The fourth-order valence-electron chi connectivity index (χ4n) is 1.26. The zero-order chi connectivity index (χ0) is 14.0. The summed E-state index contributed by atoms with van der Waals surface area (Å²) in [4.78, 5) is 11.7. The highest BCUT2D eigenvalue weighted by Crippen LogP contribution is 2.24. The van der Waals surface area contributed by atoms with Crippen molar-refractivity contribution >= 4 is 33.2 Å². The molecule has 0 unspecified atom stereocenters. The van der Waals surface area contributed by atoms with Gasteiger partial charge in [-0.1, -0.05) is 11.3 Å². The van der Waals surface area contributed by atoms with E-state index in [0.717, 1.165) is 0 Å². The Morgan fingerprint density at radius 1 is 1.37 bits per heavy atom. The van der Waals surface area contributed by atoms with E-state index in [4.69, 9.17) is 4.74 Å². The minimum absolute atomic E-state index is 0.0726. The van der Waals surface area contributed by atoms with Gasteiger partial charge in [-0.2, -0.15) is 0 Å². The second-order valence-corrected chi connectivity index (χ2v) is 6.86. The molecular formula is C9H11BrN6O2S. The molecule has 0 aromatic carbocycles. The van der Waals surface area contributed by atoms with Crippen LogP contribution in [0.4, 0.5) is 0 Å². The lowest BCUT2D eigenvalue weighted by atomic mass is 10.2. The van der Waals surface area contributed by atoms with Crippen LogP contribution in [0.2, 0.25) is 0 Å². The van der Waals surface area contributed by atoms with Crippen molar-refractivity contribution in [2.45, 2.75) is 32.9 Å². The Morgan fingerprint density at radius 2 is 2.11 bits per heavy atom. The van der Waals surface area contributed by atoms with Crippen molar-refractivity contribution in [2.24, 2.45) is 0 Å². The second-order valence-electron chi connectivity index (χ2n) is 4.61. The van der Waals surface area contributed by atoms with Gasteiger partial charge in [0.1, 0.15) is 12.1 Å². The van der Waals surface area contributed by atoms with Gasteiger partial charge in [0.15, 0.2) is 8.92 Å². The predicted octanol–water partition coefficient (Wildman–Crippen LogP) is 1.30. The SMILES string of the molecule is CC(C)(C)OC(=O)Cn1nnnc1-c1nnc(Br)s1. The standard InChI is InChI=1S/C9H11BrN6O2S/c1-9(2,3)18-5(17)4-16-6(11-14-15-16)7-12-13-8(10)19-7/h4H2,1-3H3. The van der Waals surface area contributed by atoms with Gasteiger partial charge in [-0.3, -0.25) is 4.79 Å². The second kappa shape index (κ2) is 5.29. The largest absolute Gasteiger partial charge is 0.459 e. The normalized spacial score (nSPS) is 11.6. The summed E-state index contributed by atoms with van der Waals surface area (Å²) in [6.45, 7) is 5.32. The molecule has 0 radical (unpaired) electrons. The zero-order valence-electron chi connectivity index (χ0n) is 10.5. The maximum atomic E-state index is 11.7. The fourth-order valence-corrected chi connectivity index (χ4v) is 2.36. The monoisotopic (exact) mass is 346 g/mol. The minimum atomic E-state index is -0.545. The Bertz CT molecular complexity index is 590. The van der Waals surface area contributed by atoms with E-state index in [1.54, 1.807) is 20.8 Å². The highest BCUT2D eigenvalue weighted by atomic mass is 79.9. The molecule has 19 heavy (non-hydrogen) atoms. The molecule has 10 heteroatoms. The molecule has 0 saturated carbocycles. The maximum absolute atomic E-state index is 11.7. The third-order valence-corrected chi connectivity index (χ3v) is 3.17. The zero-order valence-corrected chi connectivity index (χ0v) is 12.9. The number of aromatic nitrogens is 6. The molecule has 0 bridgehead atoms. The molecule has 8 nitrogen and oxygen atoms in total. The number of tetrazole rings is 1. The minimum Gasteiger partial charge on any atom is -0.459 e. The number of carbonyl (C=O) groups excluding carboxylic acids is 1. The molecular weight excluding hydrogens is 336 g/mol. The van der Waals surface area contributed by atoms with E-state index < -0.39 is 11.6 Å². The first-order chi connectivity index (χ1) is 8.85. The number of hydrogen-bond donors (Lipinski definition) is 0. The summed E-state index contributed by atoms with van der Waals surface area (Å²) in [6.07, 6.45) is 0. The van der Waals surface area contributed by atoms with Crippen LogP contribution in [0.1, 0.15) is 20.8 Å². The van der Waals surface area contributed by atoms with Crippen molar-refractivity contribution in [3.63, 3.8) is 0 Å². The van der Waals surface area contributed by atoms with Crippen molar-refractivity contribution in [3.8, 4) is 10.8 Å². The molecule has 0 aliphatic carbocycles. The van der Waals surface area contributed by atoms with Crippen molar-refractivity contribution in [2.75, 3.05) is 0 Å². The van der Waals surface area contributed by atoms with Gasteiger partial charge in [0.2, 0.25) is 5.82 Å². The van der Waals surface area contributed by atoms with Crippen LogP contribution in [-0.2, 0) is 16.1 Å². The third kappa shape index (κ3) is 3.77. The van der Waals surface area contributed by atoms with Gasteiger partial charge in [0.05, 0.1) is 0 Å². The Labute approximate surface area is 121 Å². The summed E-state index contributed by atoms with van der Waals surface area (Å²) in [5, 5.41) is 19.4. The van der Waals surface area contributed by atoms with E-state index in [1.807, 2.05) is 0 Å². The summed E-state index contributed by atoms with van der Waals surface area (Å²) in [5.74, 6) is -0.0290. The van der Waals surface area contributed by atoms with Gasteiger partial charge in [-0.05, 0) is 47.1 Å².